The van der Waals surface area contributed by atoms with Crippen molar-refractivity contribution in [1.29, 1.82) is 0 Å². The molecule has 0 heterocycles. The third-order valence-corrected chi connectivity index (χ3v) is 6.95. The van der Waals surface area contributed by atoms with Crippen molar-refractivity contribution in [2.24, 2.45) is 11.8 Å². The van der Waals surface area contributed by atoms with E-state index in [1.54, 1.807) is 21.0 Å². The highest BCUT2D eigenvalue weighted by molar-refractivity contribution is 7.96. The molecule has 1 amide bonds. The number of fused-ring (bicyclic) bond motifs is 1. The predicted octanol–water partition coefficient (Wildman–Crippen LogP) is 6.13. The quantitative estimate of drug-likeness (QED) is 0.240. The molecule has 8 nitrogen and oxygen atoms in total. The van der Waals surface area contributed by atoms with Gasteiger partial charge in [-0.1, -0.05) is 45.0 Å². The number of methoxy groups -OCH3 is 1. The molecule has 0 unspecified atom stereocenters. The minimum absolute atomic E-state index is 0.0317. The maximum atomic E-state index is 12.8. The van der Waals surface area contributed by atoms with Crippen molar-refractivity contribution in [3.05, 3.63) is 42.0 Å². The average Bonchev–Trinajstić information content (AvgIpc) is 2.84. The minimum Gasteiger partial charge on any atom is -0.497 e. The number of hydrogen-bond donors (Lipinski definition) is 2. The smallest absolute Gasteiger partial charge is 0.408 e. The van der Waals surface area contributed by atoms with E-state index < -0.39 is 28.9 Å². The van der Waals surface area contributed by atoms with Crippen LogP contribution in [0.25, 0.3) is 10.8 Å². The van der Waals surface area contributed by atoms with E-state index in [1.807, 2.05) is 57.2 Å². The zero-order valence-corrected chi connectivity index (χ0v) is 22.6. The van der Waals surface area contributed by atoms with Crippen molar-refractivity contribution in [1.82, 2.24) is 5.32 Å². The Morgan fingerprint density at radius 1 is 1.08 bits per heavy atom. The van der Waals surface area contributed by atoms with Crippen molar-refractivity contribution < 1.29 is 33.1 Å². The van der Waals surface area contributed by atoms with Crippen LogP contribution in [0.5, 0.6) is 5.75 Å². The summed E-state index contributed by atoms with van der Waals surface area (Å²) in [6, 6.07) is 11.5. The molecule has 0 spiro atoms. The van der Waals surface area contributed by atoms with Gasteiger partial charge in [0.1, 0.15) is 17.8 Å². The van der Waals surface area contributed by atoms with Crippen molar-refractivity contribution in [3.8, 4) is 5.75 Å². The van der Waals surface area contributed by atoms with E-state index in [4.69, 9.17) is 18.8 Å². The van der Waals surface area contributed by atoms with Gasteiger partial charge in [0, 0.05) is 13.0 Å². The third-order valence-electron chi connectivity index (χ3n) is 5.98. The van der Waals surface area contributed by atoms with Crippen molar-refractivity contribution in [2.75, 3.05) is 13.7 Å². The van der Waals surface area contributed by atoms with Crippen LogP contribution in [-0.2, 0) is 18.5 Å². The zero-order valence-electron chi connectivity index (χ0n) is 21.8. The first-order chi connectivity index (χ1) is 17.0. The second-order valence-corrected chi connectivity index (χ2v) is 10.7. The summed E-state index contributed by atoms with van der Waals surface area (Å²) >= 11 is 0.804. The number of carboxylic acids is 1. The summed E-state index contributed by atoms with van der Waals surface area (Å²) in [5, 5.41) is 13.8. The Kier molecular flexibility index (Phi) is 10.9. The van der Waals surface area contributed by atoms with Crippen LogP contribution in [0.3, 0.4) is 0 Å². The standard InChI is InChI=1S/C27H37NO7S/c1-7-27(5,34-26(32)28-16-19(12-17(2)3)13-24(29)30)36-35-25(31)18(4)20-8-9-22-15-23(33-6)11-10-21(22)14-20/h8-11,14-15,17-19H,7,12-13,16H2,1-6H3,(H,28,32)(H,29,30)/t18-,19-,27+/m0/s1. The zero-order chi connectivity index (χ0) is 26.9. The third kappa shape index (κ3) is 8.93. The van der Waals surface area contributed by atoms with E-state index in [0.717, 1.165) is 34.1 Å². The Balaban J connectivity index is 1.94. The van der Waals surface area contributed by atoms with Crippen LogP contribution >= 0.6 is 12.0 Å². The van der Waals surface area contributed by atoms with Gasteiger partial charge in [0.2, 0.25) is 0 Å². The lowest BCUT2D eigenvalue weighted by molar-refractivity contribution is -0.138. The Morgan fingerprint density at radius 3 is 2.36 bits per heavy atom. The molecule has 2 rings (SSSR count). The van der Waals surface area contributed by atoms with Crippen LogP contribution in [0.15, 0.2) is 36.4 Å². The number of ether oxygens (including phenoxy) is 2. The van der Waals surface area contributed by atoms with Gasteiger partial charge in [-0.05, 0) is 67.0 Å². The first-order valence-corrected chi connectivity index (χ1v) is 12.9. The number of carboxylic acid groups (broad SMARTS) is 1. The molecule has 0 aliphatic carbocycles. The molecule has 0 radical (unpaired) electrons. The lowest BCUT2D eigenvalue weighted by Gasteiger charge is -2.27. The number of rotatable bonds is 13. The SMILES string of the molecule is CC[C@](C)(OC(=O)NC[C@H](CC(=O)O)CC(C)C)SOC(=O)[C@@H](C)c1ccc2cc(OC)ccc2c1. The van der Waals surface area contributed by atoms with Crippen LogP contribution in [0, 0.1) is 11.8 Å². The molecule has 0 saturated heterocycles. The van der Waals surface area contributed by atoms with E-state index >= 15 is 0 Å². The Labute approximate surface area is 217 Å². The molecule has 0 aromatic heterocycles. The molecular formula is C27H37NO7S. The van der Waals surface area contributed by atoms with Crippen LogP contribution < -0.4 is 10.1 Å². The maximum Gasteiger partial charge on any atom is 0.408 e. The Hall–Kier alpha value is -2.94. The van der Waals surface area contributed by atoms with E-state index in [-0.39, 0.29) is 18.9 Å². The van der Waals surface area contributed by atoms with Crippen LogP contribution in [0.4, 0.5) is 4.79 Å². The molecule has 0 aliphatic heterocycles. The average molecular weight is 520 g/mol. The summed E-state index contributed by atoms with van der Waals surface area (Å²) in [4.78, 5) is 35.2. The second kappa shape index (κ2) is 13.4. The molecule has 2 N–H and O–H groups in total. The lowest BCUT2D eigenvalue weighted by Crippen LogP contribution is -2.37. The first kappa shape index (κ1) is 29.3. The molecule has 0 fully saturated rings. The van der Waals surface area contributed by atoms with Crippen LogP contribution in [0.2, 0.25) is 0 Å². The highest BCUT2D eigenvalue weighted by Crippen LogP contribution is 2.33. The van der Waals surface area contributed by atoms with Crippen molar-refractivity contribution in [3.63, 3.8) is 0 Å². The van der Waals surface area contributed by atoms with Gasteiger partial charge in [0.15, 0.2) is 4.93 Å². The maximum absolute atomic E-state index is 12.8. The highest BCUT2D eigenvalue weighted by atomic mass is 32.2. The fourth-order valence-electron chi connectivity index (χ4n) is 3.74. The van der Waals surface area contributed by atoms with E-state index in [2.05, 4.69) is 5.32 Å². The number of carbonyl (C=O) groups is 3. The summed E-state index contributed by atoms with van der Waals surface area (Å²) < 4.78 is 16.3. The molecule has 2 aromatic carbocycles. The molecule has 3 atom stereocenters. The Morgan fingerprint density at radius 2 is 1.75 bits per heavy atom. The van der Waals surface area contributed by atoms with Crippen molar-refractivity contribution in [2.45, 2.75) is 64.7 Å². The number of aliphatic carboxylic acids is 1. The van der Waals surface area contributed by atoms with E-state index in [1.165, 1.54) is 0 Å². The number of nitrogens with one attached hydrogen (secondary N) is 1. The van der Waals surface area contributed by atoms with Gasteiger partial charge < -0.3 is 24.1 Å². The molecule has 9 heteroatoms. The minimum atomic E-state index is -1.10. The van der Waals surface area contributed by atoms with Gasteiger partial charge in [-0.25, -0.2) is 4.79 Å². The number of benzene rings is 2. The van der Waals surface area contributed by atoms with Crippen LogP contribution in [-0.4, -0.2) is 41.7 Å². The summed E-state index contributed by atoms with van der Waals surface area (Å²) in [5.74, 6) is -1.01. The molecular weight excluding hydrogens is 482 g/mol. The molecule has 2 aromatic rings. The monoisotopic (exact) mass is 519 g/mol. The topological polar surface area (TPSA) is 111 Å². The fraction of sp³-hybridized carbons (Fsp3) is 0.519. The number of hydrogen-bond acceptors (Lipinski definition) is 7. The first-order valence-electron chi connectivity index (χ1n) is 12.1. The normalized spacial score (nSPS) is 14.5. The van der Waals surface area contributed by atoms with Gasteiger partial charge >= 0.3 is 18.0 Å². The van der Waals surface area contributed by atoms with Crippen molar-refractivity contribution >= 4 is 40.8 Å². The second-order valence-electron chi connectivity index (χ2n) is 9.53. The Bertz CT molecular complexity index is 1060. The lowest BCUT2D eigenvalue weighted by atomic mass is 9.94. The van der Waals surface area contributed by atoms with E-state index in [0.29, 0.717) is 18.8 Å². The summed E-state index contributed by atoms with van der Waals surface area (Å²) in [5.41, 5.74) is 0.810. The van der Waals surface area contributed by atoms with Crippen LogP contribution in [0.1, 0.15) is 65.4 Å². The number of carbonyl (C=O) groups excluding carboxylic acids is 2. The molecule has 198 valence electrons. The molecule has 0 saturated carbocycles. The number of amides is 1. The van der Waals surface area contributed by atoms with E-state index in [9.17, 15) is 14.4 Å². The summed E-state index contributed by atoms with van der Waals surface area (Å²) in [6.07, 6.45) is 0.357. The summed E-state index contributed by atoms with van der Waals surface area (Å²) in [7, 11) is 1.62. The summed E-state index contributed by atoms with van der Waals surface area (Å²) in [6.45, 7) is 9.45. The van der Waals surface area contributed by atoms with Gasteiger partial charge in [-0.2, -0.15) is 0 Å². The van der Waals surface area contributed by atoms with Gasteiger partial charge in [-0.15, -0.1) is 0 Å². The number of alkyl carbamates (subject to hydrolysis) is 1. The van der Waals surface area contributed by atoms with Gasteiger partial charge in [-0.3, -0.25) is 9.59 Å². The fourth-order valence-corrected chi connectivity index (χ4v) is 4.37. The molecule has 0 bridgehead atoms. The van der Waals surface area contributed by atoms with Gasteiger partial charge in [0.05, 0.1) is 13.0 Å². The highest BCUT2D eigenvalue weighted by Gasteiger charge is 2.32. The predicted molar refractivity (Wildman–Crippen MR) is 141 cm³/mol. The molecule has 0 aliphatic rings. The largest absolute Gasteiger partial charge is 0.497 e. The van der Waals surface area contributed by atoms with Gasteiger partial charge in [0.25, 0.3) is 0 Å². The molecule has 36 heavy (non-hydrogen) atoms.